The zero-order valence-electron chi connectivity index (χ0n) is 11.9. The lowest BCUT2D eigenvalue weighted by atomic mass is 9.86. The molecule has 0 aliphatic rings. The van der Waals surface area contributed by atoms with Crippen LogP contribution < -0.4 is 5.32 Å². The minimum absolute atomic E-state index is 0.230. The molecule has 0 bridgehead atoms. The lowest BCUT2D eigenvalue weighted by Gasteiger charge is -2.37. The van der Waals surface area contributed by atoms with Gasteiger partial charge in [-0.3, -0.25) is 4.79 Å². The molecule has 1 amide bonds. The zero-order chi connectivity index (χ0) is 14.8. The smallest absolute Gasteiger partial charge is 0.270 e. The van der Waals surface area contributed by atoms with Crippen LogP contribution in [0.3, 0.4) is 0 Å². The summed E-state index contributed by atoms with van der Waals surface area (Å²) in [5, 5.41) is 21.6. The molecule has 1 heterocycles. The lowest BCUT2D eigenvalue weighted by Crippen LogP contribution is -2.57. The number of carbonyl (C=O) groups excluding carboxylic acids is 1. The van der Waals surface area contributed by atoms with Crippen molar-refractivity contribution in [1.29, 1.82) is 5.26 Å². The van der Waals surface area contributed by atoms with Crippen LogP contribution in [0.1, 0.15) is 49.4 Å². The van der Waals surface area contributed by atoms with E-state index in [-0.39, 0.29) is 11.6 Å². The quantitative estimate of drug-likeness (QED) is 0.864. The standard InChI is InChI=1S/C14H19N3O2/c1-9-10(8-15)6-7-11(16-9)12(18)17-13(2,3)14(4,5)19/h6-7,19H,1-5H3,(H,17,18). The number of amides is 1. The van der Waals surface area contributed by atoms with Crippen molar-refractivity contribution in [2.75, 3.05) is 0 Å². The predicted octanol–water partition coefficient (Wildman–Crippen LogP) is 1.54. The van der Waals surface area contributed by atoms with E-state index in [1.807, 2.05) is 6.07 Å². The van der Waals surface area contributed by atoms with Gasteiger partial charge in [-0.05, 0) is 46.8 Å². The second-order valence-corrected chi connectivity index (χ2v) is 5.58. The third kappa shape index (κ3) is 3.30. The Bertz CT molecular complexity index is 537. The fourth-order valence-electron chi connectivity index (χ4n) is 1.31. The van der Waals surface area contributed by atoms with Crippen molar-refractivity contribution >= 4 is 5.91 Å². The Morgan fingerprint density at radius 2 is 1.95 bits per heavy atom. The van der Waals surface area contributed by atoms with Gasteiger partial charge < -0.3 is 10.4 Å². The van der Waals surface area contributed by atoms with Crippen molar-refractivity contribution in [2.45, 2.75) is 45.8 Å². The first-order valence-corrected chi connectivity index (χ1v) is 6.01. The van der Waals surface area contributed by atoms with E-state index in [1.165, 1.54) is 6.07 Å². The summed E-state index contributed by atoms with van der Waals surface area (Å²) in [7, 11) is 0. The molecular weight excluding hydrogens is 242 g/mol. The van der Waals surface area contributed by atoms with Crippen molar-refractivity contribution in [1.82, 2.24) is 10.3 Å². The van der Waals surface area contributed by atoms with E-state index < -0.39 is 11.1 Å². The summed E-state index contributed by atoms with van der Waals surface area (Å²) in [4.78, 5) is 16.2. The lowest BCUT2D eigenvalue weighted by molar-refractivity contribution is -0.00302. The molecule has 0 fully saturated rings. The summed E-state index contributed by atoms with van der Waals surface area (Å²) in [5.41, 5.74) is -0.680. The number of hydrogen-bond acceptors (Lipinski definition) is 4. The van der Waals surface area contributed by atoms with Gasteiger partial charge in [0.05, 0.1) is 22.4 Å². The number of aryl methyl sites for hydroxylation is 1. The maximum absolute atomic E-state index is 12.1. The number of aliphatic hydroxyl groups is 1. The van der Waals surface area contributed by atoms with Gasteiger partial charge in [-0.2, -0.15) is 5.26 Å². The number of rotatable bonds is 3. The number of aromatic nitrogens is 1. The van der Waals surface area contributed by atoms with Gasteiger partial charge in [-0.1, -0.05) is 0 Å². The third-order valence-electron chi connectivity index (χ3n) is 3.39. The van der Waals surface area contributed by atoms with Gasteiger partial charge in [0.2, 0.25) is 0 Å². The molecule has 0 atom stereocenters. The first kappa shape index (κ1) is 15.1. The first-order valence-electron chi connectivity index (χ1n) is 6.01. The molecule has 0 aromatic carbocycles. The van der Waals surface area contributed by atoms with Crippen molar-refractivity contribution in [2.24, 2.45) is 0 Å². The van der Waals surface area contributed by atoms with Gasteiger partial charge in [-0.15, -0.1) is 0 Å². The number of nitriles is 1. The van der Waals surface area contributed by atoms with Crippen molar-refractivity contribution < 1.29 is 9.90 Å². The fourth-order valence-corrected chi connectivity index (χ4v) is 1.31. The predicted molar refractivity (Wildman–Crippen MR) is 71.5 cm³/mol. The molecule has 0 radical (unpaired) electrons. The van der Waals surface area contributed by atoms with Crippen molar-refractivity contribution in [3.05, 3.63) is 29.1 Å². The molecule has 0 aliphatic heterocycles. The van der Waals surface area contributed by atoms with E-state index in [2.05, 4.69) is 10.3 Å². The molecule has 0 spiro atoms. The summed E-state index contributed by atoms with van der Waals surface area (Å²) in [6, 6.07) is 5.06. The van der Waals surface area contributed by atoms with E-state index in [1.54, 1.807) is 40.7 Å². The molecule has 0 saturated heterocycles. The summed E-state index contributed by atoms with van der Waals surface area (Å²) >= 11 is 0. The van der Waals surface area contributed by atoms with Gasteiger partial charge in [0.15, 0.2) is 0 Å². The topological polar surface area (TPSA) is 86.0 Å². The van der Waals surface area contributed by atoms with Gasteiger partial charge in [0.1, 0.15) is 11.8 Å². The highest BCUT2D eigenvalue weighted by molar-refractivity contribution is 5.93. The Kier molecular flexibility index (Phi) is 3.97. The maximum Gasteiger partial charge on any atom is 0.270 e. The van der Waals surface area contributed by atoms with Crippen LogP contribution >= 0.6 is 0 Å². The normalized spacial score (nSPS) is 11.8. The second-order valence-electron chi connectivity index (χ2n) is 5.58. The Morgan fingerprint density at radius 3 is 2.37 bits per heavy atom. The summed E-state index contributed by atoms with van der Waals surface area (Å²) in [6.45, 7) is 8.41. The molecule has 0 aliphatic carbocycles. The summed E-state index contributed by atoms with van der Waals surface area (Å²) < 4.78 is 0. The largest absolute Gasteiger partial charge is 0.388 e. The molecule has 1 aromatic heterocycles. The molecule has 0 saturated carbocycles. The molecule has 1 rings (SSSR count). The van der Waals surface area contributed by atoms with Crippen LogP contribution in [0.2, 0.25) is 0 Å². The van der Waals surface area contributed by atoms with Crippen molar-refractivity contribution in [3.63, 3.8) is 0 Å². The highest BCUT2D eigenvalue weighted by Crippen LogP contribution is 2.21. The highest BCUT2D eigenvalue weighted by Gasteiger charge is 2.36. The van der Waals surface area contributed by atoms with E-state index in [0.29, 0.717) is 11.3 Å². The minimum atomic E-state index is -1.07. The average Bonchev–Trinajstić information content (AvgIpc) is 2.26. The van der Waals surface area contributed by atoms with Crippen LogP contribution in [0, 0.1) is 18.3 Å². The molecular formula is C14H19N3O2. The van der Waals surface area contributed by atoms with E-state index in [9.17, 15) is 9.90 Å². The van der Waals surface area contributed by atoms with Crippen LogP contribution in [-0.2, 0) is 0 Å². The fraction of sp³-hybridized carbons (Fsp3) is 0.500. The molecule has 2 N–H and O–H groups in total. The first-order chi connectivity index (χ1) is 8.58. The molecule has 1 aromatic rings. The van der Waals surface area contributed by atoms with E-state index in [4.69, 9.17) is 5.26 Å². The second kappa shape index (κ2) is 4.98. The number of carbonyl (C=O) groups is 1. The van der Waals surface area contributed by atoms with Gasteiger partial charge in [-0.25, -0.2) is 4.98 Å². The summed E-state index contributed by atoms with van der Waals surface area (Å²) in [5.74, 6) is -0.375. The number of nitrogens with zero attached hydrogens (tertiary/aromatic N) is 2. The number of hydrogen-bond donors (Lipinski definition) is 2. The minimum Gasteiger partial charge on any atom is -0.388 e. The molecule has 5 heteroatoms. The zero-order valence-corrected chi connectivity index (χ0v) is 11.9. The van der Waals surface area contributed by atoms with Crippen LogP contribution in [-0.4, -0.2) is 27.1 Å². The Balaban J connectivity index is 2.98. The van der Waals surface area contributed by atoms with E-state index in [0.717, 1.165) is 0 Å². The average molecular weight is 261 g/mol. The van der Waals surface area contributed by atoms with Crippen LogP contribution in [0.25, 0.3) is 0 Å². The van der Waals surface area contributed by atoms with Gasteiger partial charge in [0.25, 0.3) is 5.91 Å². The Labute approximate surface area is 113 Å². The highest BCUT2D eigenvalue weighted by atomic mass is 16.3. The Morgan fingerprint density at radius 1 is 1.37 bits per heavy atom. The molecule has 5 nitrogen and oxygen atoms in total. The van der Waals surface area contributed by atoms with Gasteiger partial charge in [0, 0.05) is 0 Å². The number of nitrogens with one attached hydrogen (secondary N) is 1. The van der Waals surface area contributed by atoms with Crippen LogP contribution in [0.15, 0.2) is 12.1 Å². The van der Waals surface area contributed by atoms with Gasteiger partial charge >= 0.3 is 0 Å². The summed E-state index contributed by atoms with van der Waals surface area (Å²) in [6.07, 6.45) is 0. The van der Waals surface area contributed by atoms with Crippen molar-refractivity contribution in [3.8, 4) is 6.07 Å². The monoisotopic (exact) mass is 261 g/mol. The molecule has 102 valence electrons. The SMILES string of the molecule is Cc1nc(C(=O)NC(C)(C)C(C)(C)O)ccc1C#N. The van der Waals surface area contributed by atoms with E-state index >= 15 is 0 Å². The molecule has 19 heavy (non-hydrogen) atoms. The maximum atomic E-state index is 12.1. The molecule has 0 unspecified atom stereocenters. The number of pyridine rings is 1. The third-order valence-corrected chi connectivity index (χ3v) is 3.39. The Hall–Kier alpha value is -1.93. The van der Waals surface area contributed by atoms with Crippen LogP contribution in [0.4, 0.5) is 0 Å². The van der Waals surface area contributed by atoms with Crippen LogP contribution in [0.5, 0.6) is 0 Å².